The van der Waals surface area contributed by atoms with Gasteiger partial charge in [-0.25, -0.2) is 0 Å². The van der Waals surface area contributed by atoms with Crippen LogP contribution in [0.3, 0.4) is 0 Å². The zero-order valence-electron chi connectivity index (χ0n) is 7.54. The lowest BCUT2D eigenvalue weighted by Gasteiger charge is -1.95. The van der Waals surface area contributed by atoms with Gasteiger partial charge in [0.2, 0.25) is 0 Å². The predicted molar refractivity (Wildman–Crippen MR) is 54.7 cm³/mol. The lowest BCUT2D eigenvalue weighted by atomic mass is 10.3. The van der Waals surface area contributed by atoms with E-state index in [1.807, 2.05) is 24.3 Å². The summed E-state index contributed by atoms with van der Waals surface area (Å²) in [4.78, 5) is 0. The Morgan fingerprint density at radius 2 is 1.64 bits per heavy atom. The summed E-state index contributed by atoms with van der Waals surface area (Å²) in [5, 5.41) is 17.2. The Morgan fingerprint density at radius 3 is 2.29 bits per heavy atom. The summed E-state index contributed by atoms with van der Waals surface area (Å²) >= 11 is 0. The fourth-order valence-electron chi connectivity index (χ4n) is 1.15. The predicted octanol–water partition coefficient (Wildman–Crippen LogP) is 2.97. The Labute approximate surface area is 82.1 Å². The van der Waals surface area contributed by atoms with Crippen LogP contribution in [0, 0.1) is 0 Å². The van der Waals surface area contributed by atoms with E-state index in [0.29, 0.717) is 0 Å². The van der Waals surface area contributed by atoms with Crippen LogP contribution in [0.15, 0.2) is 58.8 Å². The number of aromatic hydroxyl groups is 1. The first-order valence-electron chi connectivity index (χ1n) is 4.39. The summed E-state index contributed by atoms with van der Waals surface area (Å²) in [7, 11) is 0. The molecule has 0 atom stereocenters. The molecule has 0 unspecified atom stereocenters. The van der Waals surface area contributed by atoms with Gasteiger partial charge in [-0.05, 0) is 24.3 Å². The van der Waals surface area contributed by atoms with Crippen LogP contribution in [0.1, 0.15) is 0 Å². The summed E-state index contributed by atoms with van der Waals surface area (Å²) in [5.74, 6) is 0.240. The van der Waals surface area contributed by atoms with Gasteiger partial charge in [0, 0.05) is 0 Å². The van der Waals surface area contributed by atoms with E-state index in [1.54, 1.807) is 24.3 Å². The number of phenols is 1. The van der Waals surface area contributed by atoms with Gasteiger partial charge >= 0.3 is 0 Å². The number of allylic oxidation sites excluding steroid dienone is 2. The van der Waals surface area contributed by atoms with Crippen molar-refractivity contribution in [3.8, 4) is 5.75 Å². The monoisotopic (exact) mass is 186 g/mol. The molecule has 0 saturated heterocycles. The number of azo groups is 1. The highest BCUT2D eigenvalue weighted by molar-refractivity contribution is 5.40. The second-order valence-corrected chi connectivity index (χ2v) is 2.99. The molecule has 0 fully saturated rings. The molecule has 0 heterocycles. The Balaban J connectivity index is 2.06. The largest absolute Gasteiger partial charge is 0.508 e. The van der Waals surface area contributed by atoms with Crippen molar-refractivity contribution >= 4 is 5.69 Å². The van der Waals surface area contributed by atoms with Crippen molar-refractivity contribution in [2.45, 2.75) is 6.04 Å². The molecule has 70 valence electrons. The molecule has 2 rings (SSSR count). The van der Waals surface area contributed by atoms with Crippen LogP contribution < -0.4 is 0 Å². The molecule has 1 aliphatic carbocycles. The van der Waals surface area contributed by atoms with Gasteiger partial charge in [0.15, 0.2) is 0 Å². The summed E-state index contributed by atoms with van der Waals surface area (Å²) < 4.78 is 0. The standard InChI is InChI=1S/C11H10N2O/c14-11-7-5-10(6-8-11)13-12-9-3-1-2-4-9/h1-9,14H. The van der Waals surface area contributed by atoms with Crippen LogP contribution in [0.2, 0.25) is 0 Å². The summed E-state index contributed by atoms with van der Waals surface area (Å²) in [6, 6.07) is 6.69. The minimum Gasteiger partial charge on any atom is -0.508 e. The van der Waals surface area contributed by atoms with Gasteiger partial charge in [-0.1, -0.05) is 24.3 Å². The highest BCUT2D eigenvalue weighted by Crippen LogP contribution is 2.18. The van der Waals surface area contributed by atoms with E-state index in [1.165, 1.54) is 0 Å². The van der Waals surface area contributed by atoms with Crippen LogP contribution in [0.5, 0.6) is 5.75 Å². The van der Waals surface area contributed by atoms with E-state index in [2.05, 4.69) is 10.2 Å². The molecular formula is C11H10N2O. The van der Waals surface area contributed by atoms with Crippen molar-refractivity contribution in [2.24, 2.45) is 10.2 Å². The van der Waals surface area contributed by atoms with E-state index < -0.39 is 0 Å². The van der Waals surface area contributed by atoms with Gasteiger partial charge in [-0.2, -0.15) is 10.2 Å². The smallest absolute Gasteiger partial charge is 0.115 e. The van der Waals surface area contributed by atoms with Crippen molar-refractivity contribution in [1.82, 2.24) is 0 Å². The molecule has 14 heavy (non-hydrogen) atoms. The highest BCUT2D eigenvalue weighted by Gasteiger charge is 1.99. The van der Waals surface area contributed by atoms with Crippen LogP contribution in [-0.2, 0) is 0 Å². The third-order valence-corrected chi connectivity index (χ3v) is 1.88. The number of hydrogen-bond donors (Lipinski definition) is 1. The molecule has 0 bridgehead atoms. The Hall–Kier alpha value is -1.90. The van der Waals surface area contributed by atoms with E-state index in [9.17, 15) is 0 Å². The average Bonchev–Trinajstić information content (AvgIpc) is 2.70. The normalized spacial score (nSPS) is 15.7. The number of rotatable bonds is 2. The van der Waals surface area contributed by atoms with E-state index in [4.69, 9.17) is 5.11 Å². The lowest BCUT2D eigenvalue weighted by Crippen LogP contribution is -1.87. The maximum Gasteiger partial charge on any atom is 0.115 e. The van der Waals surface area contributed by atoms with Crippen molar-refractivity contribution in [3.63, 3.8) is 0 Å². The molecule has 1 N–H and O–H groups in total. The minimum atomic E-state index is 0.0591. The average molecular weight is 186 g/mol. The molecule has 0 aliphatic heterocycles. The third kappa shape index (κ3) is 2.07. The number of hydrogen-bond acceptors (Lipinski definition) is 3. The van der Waals surface area contributed by atoms with Crippen LogP contribution >= 0.6 is 0 Å². The second-order valence-electron chi connectivity index (χ2n) is 2.99. The van der Waals surface area contributed by atoms with Crippen molar-refractivity contribution in [3.05, 3.63) is 48.6 Å². The van der Waals surface area contributed by atoms with E-state index in [0.717, 1.165) is 5.69 Å². The molecule has 1 aliphatic rings. The Bertz CT molecular complexity index is 378. The van der Waals surface area contributed by atoms with Gasteiger partial charge in [0.05, 0.1) is 5.69 Å². The van der Waals surface area contributed by atoms with Crippen LogP contribution in [-0.4, -0.2) is 11.1 Å². The molecule has 3 nitrogen and oxygen atoms in total. The van der Waals surface area contributed by atoms with Gasteiger partial charge in [0.1, 0.15) is 11.8 Å². The third-order valence-electron chi connectivity index (χ3n) is 1.88. The molecule has 0 amide bonds. The quantitative estimate of drug-likeness (QED) is 0.709. The molecule has 0 radical (unpaired) electrons. The van der Waals surface area contributed by atoms with Crippen LogP contribution in [0.25, 0.3) is 0 Å². The number of nitrogens with zero attached hydrogens (tertiary/aromatic N) is 2. The molecule has 3 heteroatoms. The van der Waals surface area contributed by atoms with Crippen molar-refractivity contribution < 1.29 is 5.11 Å². The summed E-state index contributed by atoms with van der Waals surface area (Å²) in [5.41, 5.74) is 0.747. The number of phenolic OH excluding ortho intramolecular Hbond substituents is 1. The first-order valence-corrected chi connectivity index (χ1v) is 4.39. The first kappa shape index (κ1) is 8.69. The lowest BCUT2D eigenvalue weighted by molar-refractivity contribution is 0.475. The van der Waals surface area contributed by atoms with Gasteiger partial charge in [-0.3, -0.25) is 0 Å². The maximum absolute atomic E-state index is 9.04. The molecule has 0 spiro atoms. The maximum atomic E-state index is 9.04. The second kappa shape index (κ2) is 3.87. The van der Waals surface area contributed by atoms with Gasteiger partial charge in [-0.15, -0.1) is 0 Å². The van der Waals surface area contributed by atoms with Gasteiger partial charge in [0.25, 0.3) is 0 Å². The fraction of sp³-hybridized carbons (Fsp3) is 0.0909. The molecule has 0 saturated carbocycles. The fourth-order valence-corrected chi connectivity index (χ4v) is 1.15. The van der Waals surface area contributed by atoms with Crippen molar-refractivity contribution in [1.29, 1.82) is 0 Å². The molecule has 1 aromatic rings. The Kier molecular flexibility index (Phi) is 2.40. The molecule has 0 aromatic heterocycles. The number of benzene rings is 1. The molecule has 1 aromatic carbocycles. The van der Waals surface area contributed by atoms with E-state index >= 15 is 0 Å². The zero-order chi connectivity index (χ0) is 9.80. The zero-order valence-corrected chi connectivity index (χ0v) is 7.54. The topological polar surface area (TPSA) is 45.0 Å². The van der Waals surface area contributed by atoms with Crippen LogP contribution in [0.4, 0.5) is 5.69 Å². The highest BCUT2D eigenvalue weighted by atomic mass is 16.3. The SMILES string of the molecule is Oc1ccc(N=NC2C=CC=C2)cc1. The van der Waals surface area contributed by atoms with Crippen molar-refractivity contribution in [2.75, 3.05) is 0 Å². The first-order chi connectivity index (χ1) is 6.84. The minimum absolute atomic E-state index is 0.0591. The summed E-state index contributed by atoms with van der Waals surface area (Å²) in [6.45, 7) is 0. The summed E-state index contributed by atoms with van der Waals surface area (Å²) in [6.07, 6.45) is 7.81. The van der Waals surface area contributed by atoms with Gasteiger partial charge < -0.3 is 5.11 Å². The Morgan fingerprint density at radius 1 is 1.00 bits per heavy atom. The molecular weight excluding hydrogens is 176 g/mol. The van der Waals surface area contributed by atoms with E-state index in [-0.39, 0.29) is 11.8 Å².